The van der Waals surface area contributed by atoms with Crippen LogP contribution in [-0.2, 0) is 4.74 Å². The van der Waals surface area contributed by atoms with Gasteiger partial charge in [-0.15, -0.1) is 0 Å². The van der Waals surface area contributed by atoms with Crippen LogP contribution < -0.4 is 5.32 Å². The quantitative estimate of drug-likeness (QED) is 0.911. The lowest BCUT2D eigenvalue weighted by atomic mass is 9.94. The molecule has 0 radical (unpaired) electrons. The minimum Gasteiger partial charge on any atom is -0.376 e. The van der Waals surface area contributed by atoms with Crippen molar-refractivity contribution in [2.75, 3.05) is 6.61 Å². The van der Waals surface area contributed by atoms with Gasteiger partial charge in [0.15, 0.2) is 0 Å². The minimum atomic E-state index is -0.441. The molecule has 1 fully saturated rings. The Hall–Kier alpha value is -0.940. The van der Waals surface area contributed by atoms with Gasteiger partial charge in [0.2, 0.25) is 0 Å². The molecule has 98 valence electrons. The van der Waals surface area contributed by atoms with Gasteiger partial charge in [-0.1, -0.05) is 6.07 Å². The molecule has 1 saturated heterocycles. The lowest BCUT2D eigenvalue weighted by Crippen LogP contribution is -2.50. The third kappa shape index (κ3) is 2.42. The first-order chi connectivity index (χ1) is 8.44. The molecule has 0 aliphatic carbocycles. The molecule has 1 aliphatic heterocycles. The van der Waals surface area contributed by atoms with E-state index in [-0.39, 0.29) is 16.5 Å². The molecule has 1 amide bonds. The fraction of sp³-hybridized carbons (Fsp3) is 0.462. The topological polar surface area (TPSA) is 38.3 Å². The Bertz CT molecular complexity index is 480. The number of halogens is 2. The molecule has 1 N–H and O–H groups in total. The molecule has 18 heavy (non-hydrogen) atoms. The number of ether oxygens (including phenoxy) is 1. The summed E-state index contributed by atoms with van der Waals surface area (Å²) in [5, 5.41) is 2.93. The van der Waals surface area contributed by atoms with Crippen LogP contribution in [0.2, 0.25) is 0 Å². The van der Waals surface area contributed by atoms with Crippen molar-refractivity contribution in [3.05, 3.63) is 34.1 Å². The van der Waals surface area contributed by atoms with E-state index >= 15 is 0 Å². The molecular formula is C13H15BrFNO2. The van der Waals surface area contributed by atoms with Gasteiger partial charge in [0.25, 0.3) is 5.91 Å². The molecule has 2 unspecified atom stereocenters. The van der Waals surface area contributed by atoms with Crippen LogP contribution in [0.4, 0.5) is 4.39 Å². The molecule has 0 spiro atoms. The number of carbonyl (C=O) groups excluding carboxylic acids is 1. The number of benzene rings is 1. The number of rotatable bonds is 2. The van der Waals surface area contributed by atoms with Gasteiger partial charge in [-0.25, -0.2) is 4.39 Å². The predicted molar refractivity (Wildman–Crippen MR) is 70.0 cm³/mol. The maximum absolute atomic E-state index is 13.4. The zero-order valence-corrected chi connectivity index (χ0v) is 11.9. The third-order valence-electron chi connectivity index (χ3n) is 3.48. The monoisotopic (exact) mass is 315 g/mol. The number of carbonyl (C=O) groups is 1. The molecule has 1 aromatic rings. The summed E-state index contributed by atoms with van der Waals surface area (Å²) >= 11 is 3.10. The van der Waals surface area contributed by atoms with Gasteiger partial charge in [0.1, 0.15) is 5.82 Å². The summed E-state index contributed by atoms with van der Waals surface area (Å²) in [4.78, 5) is 12.2. The molecule has 0 bridgehead atoms. The molecule has 2 atom stereocenters. The Morgan fingerprint density at radius 3 is 2.94 bits per heavy atom. The second kappa shape index (κ2) is 4.97. The number of hydrogen-bond donors (Lipinski definition) is 1. The van der Waals surface area contributed by atoms with Crippen molar-refractivity contribution >= 4 is 21.8 Å². The van der Waals surface area contributed by atoms with Crippen LogP contribution in [0.3, 0.4) is 0 Å². The highest BCUT2D eigenvalue weighted by Gasteiger charge is 2.38. The average Bonchev–Trinajstić information content (AvgIpc) is 2.62. The maximum Gasteiger partial charge on any atom is 0.253 e. The van der Waals surface area contributed by atoms with E-state index in [2.05, 4.69) is 21.2 Å². The van der Waals surface area contributed by atoms with E-state index in [1.54, 1.807) is 6.07 Å². The van der Waals surface area contributed by atoms with Crippen molar-refractivity contribution < 1.29 is 13.9 Å². The first-order valence-corrected chi connectivity index (χ1v) is 6.61. The molecule has 1 heterocycles. The fourth-order valence-corrected chi connectivity index (χ4v) is 2.45. The molecule has 1 aliphatic rings. The van der Waals surface area contributed by atoms with E-state index in [1.807, 2.05) is 13.8 Å². The Kier molecular flexibility index (Phi) is 3.73. The zero-order chi connectivity index (χ0) is 13.3. The Labute approximate surface area is 114 Å². The summed E-state index contributed by atoms with van der Waals surface area (Å²) < 4.78 is 19.0. The van der Waals surface area contributed by atoms with Gasteiger partial charge in [-0.3, -0.25) is 4.79 Å². The van der Waals surface area contributed by atoms with E-state index in [1.165, 1.54) is 12.1 Å². The standard InChI is InChI=1S/C13H15BrFNO2/c1-8-13(2,6-7-18-8)16-12(17)9-4-3-5-10(15)11(9)14/h3-5,8H,6-7H2,1-2H3,(H,16,17). The Morgan fingerprint density at radius 1 is 1.61 bits per heavy atom. The van der Waals surface area contributed by atoms with Crippen molar-refractivity contribution in [2.45, 2.75) is 31.9 Å². The van der Waals surface area contributed by atoms with E-state index < -0.39 is 11.4 Å². The summed E-state index contributed by atoms with van der Waals surface area (Å²) in [6.07, 6.45) is 0.709. The molecule has 1 aromatic carbocycles. The van der Waals surface area contributed by atoms with Crippen molar-refractivity contribution in [3.63, 3.8) is 0 Å². The lowest BCUT2D eigenvalue weighted by molar-refractivity contribution is 0.0726. The van der Waals surface area contributed by atoms with E-state index in [0.717, 1.165) is 6.42 Å². The summed E-state index contributed by atoms with van der Waals surface area (Å²) in [5.74, 6) is -0.732. The fourth-order valence-electron chi connectivity index (χ4n) is 2.00. The molecule has 2 rings (SSSR count). The predicted octanol–water partition coefficient (Wildman–Crippen LogP) is 2.89. The van der Waals surface area contributed by atoms with Crippen molar-refractivity contribution in [3.8, 4) is 0 Å². The van der Waals surface area contributed by atoms with Crippen LogP contribution in [0.15, 0.2) is 22.7 Å². The van der Waals surface area contributed by atoms with Gasteiger partial charge >= 0.3 is 0 Å². The summed E-state index contributed by atoms with van der Waals surface area (Å²) in [7, 11) is 0. The SMILES string of the molecule is CC1OCCC1(C)NC(=O)c1cccc(F)c1Br. The van der Waals surface area contributed by atoms with Gasteiger partial charge < -0.3 is 10.1 Å². The van der Waals surface area contributed by atoms with Crippen LogP contribution in [0, 0.1) is 5.82 Å². The second-order valence-electron chi connectivity index (χ2n) is 4.74. The molecular weight excluding hydrogens is 301 g/mol. The van der Waals surface area contributed by atoms with Crippen LogP contribution in [0.25, 0.3) is 0 Å². The normalized spacial score (nSPS) is 27.2. The summed E-state index contributed by atoms with van der Waals surface area (Å²) in [6, 6.07) is 4.42. The van der Waals surface area contributed by atoms with Gasteiger partial charge in [0.05, 0.1) is 21.7 Å². The molecule has 3 nitrogen and oxygen atoms in total. The second-order valence-corrected chi connectivity index (χ2v) is 5.53. The molecule has 0 saturated carbocycles. The zero-order valence-electron chi connectivity index (χ0n) is 10.3. The number of nitrogens with one attached hydrogen (secondary N) is 1. The van der Waals surface area contributed by atoms with Gasteiger partial charge in [-0.2, -0.15) is 0 Å². The smallest absolute Gasteiger partial charge is 0.253 e. The van der Waals surface area contributed by atoms with Crippen LogP contribution in [0.1, 0.15) is 30.6 Å². The van der Waals surface area contributed by atoms with E-state index in [0.29, 0.717) is 12.2 Å². The van der Waals surface area contributed by atoms with Gasteiger partial charge in [0, 0.05) is 6.61 Å². The van der Waals surface area contributed by atoms with Crippen molar-refractivity contribution in [1.82, 2.24) is 5.32 Å². The maximum atomic E-state index is 13.4. The highest BCUT2D eigenvalue weighted by atomic mass is 79.9. The van der Waals surface area contributed by atoms with Crippen molar-refractivity contribution in [2.24, 2.45) is 0 Å². The average molecular weight is 316 g/mol. The van der Waals surface area contributed by atoms with Gasteiger partial charge in [-0.05, 0) is 48.3 Å². The number of hydrogen-bond acceptors (Lipinski definition) is 2. The molecule has 0 aromatic heterocycles. The first kappa shape index (κ1) is 13.5. The lowest BCUT2D eigenvalue weighted by Gasteiger charge is -2.29. The van der Waals surface area contributed by atoms with E-state index in [4.69, 9.17) is 4.74 Å². The number of amides is 1. The summed E-state index contributed by atoms with van der Waals surface area (Å²) in [5.41, 5.74) is -0.0987. The highest BCUT2D eigenvalue weighted by molar-refractivity contribution is 9.10. The summed E-state index contributed by atoms with van der Waals surface area (Å²) in [6.45, 7) is 4.49. The third-order valence-corrected chi connectivity index (χ3v) is 4.29. The van der Waals surface area contributed by atoms with E-state index in [9.17, 15) is 9.18 Å². The van der Waals surface area contributed by atoms with Crippen LogP contribution in [-0.4, -0.2) is 24.2 Å². The Morgan fingerprint density at radius 2 is 2.33 bits per heavy atom. The highest BCUT2D eigenvalue weighted by Crippen LogP contribution is 2.27. The minimum absolute atomic E-state index is 0.0474. The van der Waals surface area contributed by atoms with Crippen LogP contribution in [0.5, 0.6) is 0 Å². The Balaban J connectivity index is 2.20. The van der Waals surface area contributed by atoms with Crippen LogP contribution >= 0.6 is 15.9 Å². The largest absolute Gasteiger partial charge is 0.376 e. The molecule has 5 heteroatoms. The first-order valence-electron chi connectivity index (χ1n) is 5.82. The van der Waals surface area contributed by atoms with Crippen molar-refractivity contribution in [1.29, 1.82) is 0 Å².